The Morgan fingerprint density at radius 3 is 1.37 bits per heavy atom. The first-order chi connectivity index (χ1) is 21.2. The lowest BCUT2D eigenvalue weighted by molar-refractivity contribution is 0.415. The summed E-state index contributed by atoms with van der Waals surface area (Å²) in [5.41, 5.74) is 0. The van der Waals surface area contributed by atoms with E-state index in [1.807, 2.05) is 0 Å². The van der Waals surface area contributed by atoms with E-state index in [-0.39, 0.29) is 0 Å². The van der Waals surface area contributed by atoms with Gasteiger partial charge in [0.15, 0.2) is 0 Å². The molecule has 43 heavy (non-hydrogen) atoms. The Morgan fingerprint density at radius 1 is 0.465 bits per heavy atom. The van der Waals surface area contributed by atoms with Crippen molar-refractivity contribution in [2.45, 2.75) is 167 Å². The van der Waals surface area contributed by atoms with Gasteiger partial charge in [-0.2, -0.15) is 23.5 Å². The largest absolute Gasteiger partial charge is 0.308 e. The average molecular weight is 634 g/mol. The van der Waals surface area contributed by atoms with E-state index < -0.39 is 0 Å². The van der Waals surface area contributed by atoms with Crippen LogP contribution in [-0.2, 0) is 0 Å². The second-order valence-corrected chi connectivity index (χ2v) is 15.2. The first-order valence-electron chi connectivity index (χ1n) is 18.6. The van der Waals surface area contributed by atoms with Crippen LogP contribution in [-0.4, -0.2) is 48.0 Å². The van der Waals surface area contributed by atoms with E-state index in [0.717, 1.165) is 18.1 Å². The molecule has 0 rings (SSSR count). The van der Waals surface area contributed by atoms with Crippen molar-refractivity contribution in [2.24, 2.45) is 0 Å². The Balaban J connectivity index is 3.58. The van der Waals surface area contributed by atoms with Gasteiger partial charge in [-0.05, 0) is 96.2 Å². The SMILES string of the molecule is CCCC/C=C\C/C=C\CCCCCCCCSC(CSCCCCCCCC/C=C\C/C=C\CCCCC)CN(C)C. The van der Waals surface area contributed by atoms with Crippen LogP contribution in [0.15, 0.2) is 48.6 Å². The third-order valence-electron chi connectivity index (χ3n) is 7.81. The van der Waals surface area contributed by atoms with Gasteiger partial charge in [0, 0.05) is 17.5 Å². The number of rotatable bonds is 34. The van der Waals surface area contributed by atoms with Crippen LogP contribution >= 0.6 is 23.5 Å². The highest BCUT2D eigenvalue weighted by molar-refractivity contribution is 8.03. The minimum atomic E-state index is 0.790. The molecule has 1 nitrogen and oxygen atoms in total. The van der Waals surface area contributed by atoms with Crippen LogP contribution < -0.4 is 0 Å². The van der Waals surface area contributed by atoms with Gasteiger partial charge < -0.3 is 4.90 Å². The first kappa shape index (κ1) is 42.6. The molecule has 0 fully saturated rings. The Hall–Kier alpha value is -0.380. The summed E-state index contributed by atoms with van der Waals surface area (Å²) >= 11 is 4.45. The van der Waals surface area contributed by atoms with Crippen LogP contribution in [0.25, 0.3) is 0 Å². The highest BCUT2D eigenvalue weighted by Crippen LogP contribution is 2.21. The van der Waals surface area contributed by atoms with E-state index >= 15 is 0 Å². The lowest BCUT2D eigenvalue weighted by Crippen LogP contribution is -2.26. The highest BCUT2D eigenvalue weighted by Gasteiger charge is 2.10. The summed E-state index contributed by atoms with van der Waals surface area (Å²) in [6.45, 7) is 5.76. The molecule has 0 saturated carbocycles. The van der Waals surface area contributed by atoms with E-state index in [4.69, 9.17) is 0 Å². The van der Waals surface area contributed by atoms with Gasteiger partial charge in [-0.1, -0.05) is 140 Å². The highest BCUT2D eigenvalue weighted by atomic mass is 32.2. The predicted octanol–water partition coefficient (Wildman–Crippen LogP) is 13.6. The van der Waals surface area contributed by atoms with Gasteiger partial charge in [0.25, 0.3) is 0 Å². The zero-order valence-corrected chi connectivity index (χ0v) is 31.2. The Bertz CT molecular complexity index is 636. The molecular weight excluding hydrogens is 559 g/mol. The van der Waals surface area contributed by atoms with Crippen LogP contribution in [0, 0.1) is 0 Å². The Kier molecular flexibility index (Phi) is 37.5. The normalized spacial score (nSPS) is 13.2. The molecule has 0 radical (unpaired) electrons. The molecule has 0 saturated heterocycles. The molecule has 0 aromatic carbocycles. The van der Waals surface area contributed by atoms with Crippen LogP contribution in [0.4, 0.5) is 0 Å². The van der Waals surface area contributed by atoms with E-state index in [1.54, 1.807) is 0 Å². The molecule has 0 heterocycles. The minimum Gasteiger partial charge on any atom is -0.308 e. The molecule has 0 bridgehead atoms. The van der Waals surface area contributed by atoms with Crippen LogP contribution in [0.1, 0.15) is 162 Å². The fourth-order valence-corrected chi connectivity index (χ4v) is 7.84. The van der Waals surface area contributed by atoms with Crippen molar-refractivity contribution in [3.8, 4) is 0 Å². The van der Waals surface area contributed by atoms with Crippen molar-refractivity contribution in [2.75, 3.05) is 37.9 Å². The van der Waals surface area contributed by atoms with Gasteiger partial charge in [0.2, 0.25) is 0 Å². The molecule has 0 aliphatic heterocycles. The summed E-state index contributed by atoms with van der Waals surface area (Å²) in [6, 6.07) is 0. The fourth-order valence-electron chi connectivity index (χ4n) is 5.12. The second-order valence-electron chi connectivity index (χ2n) is 12.6. The molecule has 1 unspecified atom stereocenters. The van der Waals surface area contributed by atoms with Gasteiger partial charge in [-0.3, -0.25) is 0 Å². The van der Waals surface area contributed by atoms with Crippen molar-refractivity contribution in [3.63, 3.8) is 0 Å². The standard InChI is InChI=1S/C40H75NS2/c1-5-7-9-11-13-15-17-19-21-23-24-26-28-30-32-34-36-42-39-40(38-41(3)4)43-37-35-33-31-29-27-25-22-20-18-16-14-12-10-8-6-2/h12-15,18-21,40H,5-11,16-17,22-39H2,1-4H3/b14-12-,15-13-,20-18-,21-19-. The minimum absolute atomic E-state index is 0.790. The molecule has 0 aliphatic rings. The van der Waals surface area contributed by atoms with Crippen molar-refractivity contribution >= 4 is 23.5 Å². The van der Waals surface area contributed by atoms with E-state index in [2.05, 4.69) is 105 Å². The molecular formula is C40H75NS2. The molecule has 252 valence electrons. The number of allylic oxidation sites excluding steroid dienone is 8. The van der Waals surface area contributed by atoms with Crippen LogP contribution in [0.2, 0.25) is 0 Å². The summed E-state index contributed by atoms with van der Waals surface area (Å²) in [5, 5.41) is 0.790. The average Bonchev–Trinajstić information content (AvgIpc) is 2.99. The van der Waals surface area contributed by atoms with Gasteiger partial charge in [0.05, 0.1) is 0 Å². The smallest absolute Gasteiger partial charge is 0.0265 e. The van der Waals surface area contributed by atoms with Crippen molar-refractivity contribution in [1.82, 2.24) is 4.90 Å². The monoisotopic (exact) mass is 634 g/mol. The molecule has 0 spiro atoms. The zero-order valence-electron chi connectivity index (χ0n) is 29.6. The summed E-state index contributed by atoms with van der Waals surface area (Å²) in [6.07, 6.45) is 49.6. The van der Waals surface area contributed by atoms with Crippen LogP contribution in [0.5, 0.6) is 0 Å². The maximum Gasteiger partial charge on any atom is 0.0265 e. The molecule has 1 atom stereocenters. The summed E-state index contributed by atoms with van der Waals surface area (Å²) in [5.74, 6) is 4.02. The molecule has 0 aromatic heterocycles. The van der Waals surface area contributed by atoms with Gasteiger partial charge in [-0.15, -0.1) is 0 Å². The van der Waals surface area contributed by atoms with E-state index in [0.29, 0.717) is 0 Å². The van der Waals surface area contributed by atoms with Crippen molar-refractivity contribution in [1.29, 1.82) is 0 Å². The zero-order chi connectivity index (χ0) is 31.3. The number of hydrogen-bond donors (Lipinski definition) is 0. The molecule has 3 heteroatoms. The molecule has 0 aromatic rings. The molecule has 0 amide bonds. The second kappa shape index (κ2) is 37.8. The van der Waals surface area contributed by atoms with Crippen molar-refractivity contribution in [3.05, 3.63) is 48.6 Å². The number of hydrogen-bond acceptors (Lipinski definition) is 3. The fraction of sp³-hybridized carbons (Fsp3) is 0.800. The first-order valence-corrected chi connectivity index (χ1v) is 20.8. The number of unbranched alkanes of at least 4 members (excludes halogenated alkanes) is 17. The van der Waals surface area contributed by atoms with Gasteiger partial charge in [-0.25, -0.2) is 0 Å². The maximum atomic E-state index is 2.39. The Labute approximate surface area is 280 Å². The molecule has 0 aliphatic carbocycles. The topological polar surface area (TPSA) is 3.24 Å². The third kappa shape index (κ3) is 37.7. The quantitative estimate of drug-likeness (QED) is 0.0513. The lowest BCUT2D eigenvalue weighted by Gasteiger charge is -2.20. The maximum absolute atomic E-state index is 2.39. The van der Waals surface area contributed by atoms with Gasteiger partial charge in [0.1, 0.15) is 0 Å². The number of nitrogens with zero attached hydrogens (tertiary/aromatic N) is 1. The summed E-state index contributed by atoms with van der Waals surface area (Å²) in [7, 11) is 4.47. The summed E-state index contributed by atoms with van der Waals surface area (Å²) < 4.78 is 0. The molecule has 0 N–H and O–H groups in total. The predicted molar refractivity (Wildman–Crippen MR) is 206 cm³/mol. The van der Waals surface area contributed by atoms with E-state index in [1.165, 1.54) is 159 Å². The lowest BCUT2D eigenvalue weighted by atomic mass is 10.1. The Morgan fingerprint density at radius 2 is 0.884 bits per heavy atom. The van der Waals surface area contributed by atoms with E-state index in [9.17, 15) is 0 Å². The number of thioether (sulfide) groups is 2. The van der Waals surface area contributed by atoms with Gasteiger partial charge >= 0.3 is 0 Å². The van der Waals surface area contributed by atoms with Crippen LogP contribution in [0.3, 0.4) is 0 Å². The third-order valence-corrected chi connectivity index (χ3v) is 10.5. The summed E-state index contributed by atoms with van der Waals surface area (Å²) in [4.78, 5) is 2.38. The van der Waals surface area contributed by atoms with Crippen molar-refractivity contribution < 1.29 is 0 Å².